The molecule has 0 saturated carbocycles. The number of ketones is 1. The highest BCUT2D eigenvalue weighted by molar-refractivity contribution is 6.00. The van der Waals surface area contributed by atoms with Gasteiger partial charge in [0.1, 0.15) is 12.1 Å². The average molecular weight is 451 g/mol. The fourth-order valence-electron chi connectivity index (χ4n) is 3.49. The van der Waals surface area contributed by atoms with Crippen molar-refractivity contribution < 1.29 is 9.59 Å². The van der Waals surface area contributed by atoms with Crippen LogP contribution in [0.15, 0.2) is 85.2 Å². The van der Waals surface area contributed by atoms with E-state index in [9.17, 15) is 9.59 Å². The maximum Gasteiger partial charge on any atom is 0.224 e. The lowest BCUT2D eigenvalue weighted by Gasteiger charge is -2.09. The lowest BCUT2D eigenvalue weighted by atomic mass is 10.0. The third kappa shape index (κ3) is 5.92. The summed E-state index contributed by atoms with van der Waals surface area (Å²) in [6, 6.07) is 24.8. The maximum atomic E-state index is 12.4. The van der Waals surface area contributed by atoms with E-state index in [1.807, 2.05) is 92.7 Å². The highest BCUT2D eigenvalue weighted by Gasteiger charge is 2.11. The second-order valence-electron chi connectivity index (χ2n) is 8.13. The molecule has 6 nitrogen and oxygen atoms in total. The van der Waals surface area contributed by atoms with Crippen LogP contribution >= 0.6 is 0 Å². The van der Waals surface area contributed by atoms with E-state index in [0.29, 0.717) is 17.1 Å². The van der Waals surface area contributed by atoms with E-state index in [1.165, 1.54) is 6.33 Å². The molecule has 1 aromatic heterocycles. The number of rotatable bonds is 8. The molecule has 0 bridgehead atoms. The van der Waals surface area contributed by atoms with E-state index in [-0.39, 0.29) is 24.5 Å². The summed E-state index contributed by atoms with van der Waals surface area (Å²) >= 11 is 0. The Morgan fingerprint density at radius 1 is 0.765 bits per heavy atom. The van der Waals surface area contributed by atoms with Crippen molar-refractivity contribution >= 4 is 28.9 Å². The second kappa shape index (κ2) is 10.5. The Morgan fingerprint density at radius 2 is 1.50 bits per heavy atom. The Morgan fingerprint density at radius 3 is 2.24 bits per heavy atom. The van der Waals surface area contributed by atoms with Crippen molar-refractivity contribution in [3.8, 4) is 11.3 Å². The van der Waals surface area contributed by atoms with Gasteiger partial charge in [0, 0.05) is 41.4 Å². The van der Waals surface area contributed by atoms with Crippen LogP contribution in [0.4, 0.5) is 17.2 Å². The van der Waals surface area contributed by atoms with Crippen LogP contribution in [0.5, 0.6) is 0 Å². The molecule has 0 radical (unpaired) electrons. The van der Waals surface area contributed by atoms with Crippen molar-refractivity contribution in [1.82, 2.24) is 9.97 Å². The summed E-state index contributed by atoms with van der Waals surface area (Å²) in [7, 11) is 0. The molecule has 0 fully saturated rings. The molecule has 0 aliphatic heterocycles. The number of hydrogen-bond donors (Lipinski definition) is 2. The molecule has 6 heteroatoms. The summed E-state index contributed by atoms with van der Waals surface area (Å²) in [6.45, 7) is 3.98. The van der Waals surface area contributed by atoms with Gasteiger partial charge in [-0.25, -0.2) is 9.97 Å². The molecular formula is C28H26N4O2. The summed E-state index contributed by atoms with van der Waals surface area (Å²) in [5, 5.41) is 6.10. The first kappa shape index (κ1) is 22.9. The highest BCUT2D eigenvalue weighted by atomic mass is 16.2. The molecule has 0 aliphatic rings. The van der Waals surface area contributed by atoms with Crippen molar-refractivity contribution in [2.24, 2.45) is 0 Å². The van der Waals surface area contributed by atoms with Crippen LogP contribution in [0.25, 0.3) is 11.3 Å². The van der Waals surface area contributed by atoms with Gasteiger partial charge >= 0.3 is 0 Å². The van der Waals surface area contributed by atoms with Crippen molar-refractivity contribution in [2.45, 2.75) is 26.7 Å². The van der Waals surface area contributed by atoms with Gasteiger partial charge in [0.2, 0.25) is 5.91 Å². The lowest BCUT2D eigenvalue weighted by Crippen LogP contribution is -2.13. The first-order valence-corrected chi connectivity index (χ1v) is 11.1. The zero-order valence-corrected chi connectivity index (χ0v) is 19.2. The van der Waals surface area contributed by atoms with Gasteiger partial charge < -0.3 is 10.6 Å². The summed E-state index contributed by atoms with van der Waals surface area (Å²) in [4.78, 5) is 33.3. The smallest absolute Gasteiger partial charge is 0.224 e. The molecule has 1 heterocycles. The van der Waals surface area contributed by atoms with Gasteiger partial charge in [-0.3, -0.25) is 9.59 Å². The molecule has 34 heavy (non-hydrogen) atoms. The number of carbonyl (C=O) groups excluding carboxylic acids is 2. The molecular weight excluding hydrogens is 424 g/mol. The fraction of sp³-hybridized carbons (Fsp3) is 0.143. The molecule has 3 aromatic carbocycles. The minimum atomic E-state index is -0.193. The van der Waals surface area contributed by atoms with Crippen LogP contribution in [0, 0.1) is 13.8 Å². The molecule has 0 aliphatic carbocycles. The highest BCUT2D eigenvalue weighted by Crippen LogP contribution is 2.22. The van der Waals surface area contributed by atoms with Gasteiger partial charge in [-0.15, -0.1) is 0 Å². The summed E-state index contributed by atoms with van der Waals surface area (Å²) in [6.07, 6.45) is 1.83. The topological polar surface area (TPSA) is 84.0 Å². The number of amides is 1. The number of carbonyl (C=O) groups is 2. The van der Waals surface area contributed by atoms with E-state index >= 15 is 0 Å². The van der Waals surface area contributed by atoms with Crippen LogP contribution in [0.1, 0.15) is 34.3 Å². The third-order valence-electron chi connectivity index (χ3n) is 5.59. The van der Waals surface area contributed by atoms with Crippen molar-refractivity contribution in [2.75, 3.05) is 10.6 Å². The summed E-state index contributed by atoms with van der Waals surface area (Å²) < 4.78 is 0. The molecule has 0 saturated heterocycles. The van der Waals surface area contributed by atoms with Crippen LogP contribution in [-0.4, -0.2) is 21.7 Å². The van der Waals surface area contributed by atoms with E-state index in [0.717, 1.165) is 28.1 Å². The van der Waals surface area contributed by atoms with Gasteiger partial charge in [0.05, 0.1) is 5.69 Å². The lowest BCUT2D eigenvalue weighted by molar-refractivity contribution is -0.116. The fourth-order valence-corrected chi connectivity index (χ4v) is 3.49. The molecule has 2 N–H and O–H groups in total. The number of nitrogens with zero attached hydrogens (tertiary/aromatic N) is 2. The standard InChI is InChI=1S/C28H26N4O2/c1-19-8-9-22(16-20(19)2)26(33)14-15-28(34)32-24-12-10-23(11-13-24)31-27-17-25(29-18-30-27)21-6-4-3-5-7-21/h3-13,16-18H,14-15H2,1-2H3,(H,32,34)(H,29,30,31). The van der Waals surface area contributed by atoms with Gasteiger partial charge in [0.25, 0.3) is 0 Å². The Hall–Kier alpha value is -4.32. The minimum Gasteiger partial charge on any atom is -0.340 e. The molecule has 4 rings (SSSR count). The number of anilines is 3. The van der Waals surface area contributed by atoms with Crippen LogP contribution in [0.3, 0.4) is 0 Å². The van der Waals surface area contributed by atoms with Crippen molar-refractivity contribution in [3.63, 3.8) is 0 Å². The van der Waals surface area contributed by atoms with E-state index in [4.69, 9.17) is 0 Å². The third-order valence-corrected chi connectivity index (χ3v) is 5.59. The molecule has 0 unspecified atom stereocenters. The summed E-state index contributed by atoms with van der Waals surface area (Å²) in [5.41, 5.74) is 6.21. The van der Waals surface area contributed by atoms with Gasteiger partial charge in [-0.2, -0.15) is 0 Å². The van der Waals surface area contributed by atoms with E-state index in [1.54, 1.807) is 0 Å². The van der Waals surface area contributed by atoms with Gasteiger partial charge in [0.15, 0.2) is 5.78 Å². The number of hydrogen-bond acceptors (Lipinski definition) is 5. The number of Topliss-reactive ketones (excluding diaryl/α,β-unsaturated/α-hetero) is 1. The van der Waals surface area contributed by atoms with Crippen molar-refractivity contribution in [3.05, 3.63) is 102 Å². The molecule has 0 atom stereocenters. The molecule has 0 spiro atoms. The van der Waals surface area contributed by atoms with Crippen LogP contribution in [-0.2, 0) is 4.79 Å². The monoisotopic (exact) mass is 450 g/mol. The normalized spacial score (nSPS) is 10.5. The quantitative estimate of drug-likeness (QED) is 0.317. The van der Waals surface area contributed by atoms with Gasteiger partial charge in [-0.05, 0) is 55.3 Å². The molecule has 4 aromatic rings. The zero-order chi connectivity index (χ0) is 23.9. The molecule has 170 valence electrons. The largest absolute Gasteiger partial charge is 0.340 e. The predicted octanol–water partition coefficient (Wildman–Crippen LogP) is 6.11. The minimum absolute atomic E-state index is 0.0301. The Labute approximate surface area is 199 Å². The average Bonchev–Trinajstić information content (AvgIpc) is 2.86. The zero-order valence-electron chi connectivity index (χ0n) is 19.2. The first-order valence-electron chi connectivity index (χ1n) is 11.1. The maximum absolute atomic E-state index is 12.4. The molecule has 1 amide bonds. The van der Waals surface area contributed by atoms with Gasteiger partial charge in [-0.1, -0.05) is 42.5 Å². The Balaban J connectivity index is 1.31. The first-order chi connectivity index (χ1) is 16.5. The van der Waals surface area contributed by atoms with E-state index < -0.39 is 0 Å². The SMILES string of the molecule is Cc1ccc(C(=O)CCC(=O)Nc2ccc(Nc3cc(-c4ccccc4)ncn3)cc2)cc1C. The number of aromatic nitrogens is 2. The second-order valence-corrected chi connectivity index (χ2v) is 8.13. The number of aryl methyl sites for hydroxylation is 2. The van der Waals surface area contributed by atoms with Crippen LogP contribution < -0.4 is 10.6 Å². The number of nitrogens with one attached hydrogen (secondary N) is 2. The Kier molecular flexibility index (Phi) is 7.08. The van der Waals surface area contributed by atoms with Crippen LogP contribution in [0.2, 0.25) is 0 Å². The predicted molar refractivity (Wildman–Crippen MR) is 135 cm³/mol. The van der Waals surface area contributed by atoms with E-state index in [2.05, 4.69) is 20.6 Å². The summed E-state index contributed by atoms with van der Waals surface area (Å²) in [5.74, 6) is 0.453. The number of benzene rings is 3. The Bertz CT molecular complexity index is 1300. The van der Waals surface area contributed by atoms with Crippen molar-refractivity contribution in [1.29, 1.82) is 0 Å².